The first-order valence-corrected chi connectivity index (χ1v) is 12.7. The summed E-state index contributed by atoms with van der Waals surface area (Å²) >= 11 is 1.13. The number of pyridine rings is 1. The van der Waals surface area contributed by atoms with E-state index in [4.69, 9.17) is 10.1 Å². The van der Waals surface area contributed by atoms with Crippen molar-refractivity contribution in [3.05, 3.63) is 39.5 Å². The van der Waals surface area contributed by atoms with Crippen molar-refractivity contribution in [3.63, 3.8) is 0 Å². The number of hydrogen-bond donors (Lipinski definition) is 3. The number of hydrogen-bond acceptors (Lipinski definition) is 5. The molecule has 30 heavy (non-hydrogen) atoms. The van der Waals surface area contributed by atoms with Crippen LogP contribution >= 0.6 is 11.3 Å². The lowest BCUT2D eigenvalue weighted by Gasteiger charge is -2.28. The zero-order chi connectivity index (χ0) is 21.7. The van der Waals surface area contributed by atoms with Crippen LogP contribution in [-0.4, -0.2) is 20.3 Å². The molecule has 0 bridgehead atoms. The number of nitrogens with zero attached hydrogens (tertiary/aromatic N) is 2. The first-order valence-electron chi connectivity index (χ1n) is 10.3. The number of aromatic nitrogens is 1. The number of aryl methyl sites for hydroxylation is 1. The molecule has 9 heteroatoms. The Balaban J connectivity index is 1.65. The van der Waals surface area contributed by atoms with Gasteiger partial charge in [0, 0.05) is 17.3 Å². The van der Waals surface area contributed by atoms with Gasteiger partial charge in [-0.15, -0.1) is 15.7 Å². The number of nitrogens with one attached hydrogen (secondary N) is 1. The summed E-state index contributed by atoms with van der Waals surface area (Å²) in [5.41, 5.74) is 4.42. The second-order valence-electron chi connectivity index (χ2n) is 8.71. The minimum Gasteiger partial charge on any atom is -0.386 e. The highest BCUT2D eigenvalue weighted by molar-refractivity contribution is 7.93. The predicted molar refractivity (Wildman–Crippen MR) is 119 cm³/mol. The van der Waals surface area contributed by atoms with Crippen LogP contribution in [-0.2, 0) is 28.4 Å². The predicted octanol–water partition coefficient (Wildman–Crippen LogP) is 4.37. The van der Waals surface area contributed by atoms with Gasteiger partial charge in [-0.3, -0.25) is 4.98 Å². The fourth-order valence-electron chi connectivity index (χ4n) is 4.04. The number of carbonyl (C=O) groups excluding carboxylic acids is 1. The largest absolute Gasteiger partial charge is 0.386 e. The smallest absolute Gasteiger partial charge is 0.354 e. The normalized spacial score (nSPS) is 18.4. The van der Waals surface area contributed by atoms with Crippen LogP contribution in [0, 0.1) is 6.92 Å². The maximum absolute atomic E-state index is 12.9. The molecule has 7 nitrogen and oxygen atoms in total. The minimum atomic E-state index is -3.41. The lowest BCUT2D eigenvalue weighted by atomic mass is 9.80. The summed E-state index contributed by atoms with van der Waals surface area (Å²) in [6, 6.07) is 0.831. The SMILES string of the molecule is Cc1c(C2CCC2)nc2c(c1NC(=O)N=[S@](N)(=O)c1cc(C(C)(C)O)cs1)CCC2. The highest BCUT2D eigenvalue weighted by Gasteiger charge is 2.29. The summed E-state index contributed by atoms with van der Waals surface area (Å²) in [6.45, 7) is 5.25. The van der Waals surface area contributed by atoms with Gasteiger partial charge in [0.05, 0.1) is 11.3 Å². The van der Waals surface area contributed by atoms with E-state index >= 15 is 0 Å². The quantitative estimate of drug-likeness (QED) is 0.644. The average molecular weight is 449 g/mol. The van der Waals surface area contributed by atoms with E-state index in [1.165, 1.54) is 6.42 Å². The Bertz CT molecular complexity index is 1120. The van der Waals surface area contributed by atoms with E-state index in [0.29, 0.717) is 11.5 Å². The van der Waals surface area contributed by atoms with Crippen molar-refractivity contribution < 1.29 is 14.1 Å². The van der Waals surface area contributed by atoms with Crippen molar-refractivity contribution in [3.8, 4) is 0 Å². The third-order valence-corrected chi connectivity index (χ3v) is 8.88. The van der Waals surface area contributed by atoms with E-state index in [1.54, 1.807) is 25.3 Å². The van der Waals surface area contributed by atoms with Crippen LogP contribution in [0.1, 0.15) is 73.5 Å². The molecule has 1 saturated carbocycles. The van der Waals surface area contributed by atoms with Gasteiger partial charge in [-0.1, -0.05) is 6.42 Å². The lowest BCUT2D eigenvalue weighted by molar-refractivity contribution is 0.0789. The lowest BCUT2D eigenvalue weighted by Crippen LogP contribution is -2.20. The number of carbonyl (C=O) groups is 1. The summed E-state index contributed by atoms with van der Waals surface area (Å²) in [6.07, 6.45) is 6.26. The van der Waals surface area contributed by atoms with E-state index in [9.17, 15) is 14.1 Å². The molecule has 4 N–H and O–H groups in total. The van der Waals surface area contributed by atoms with Crippen LogP contribution in [0.4, 0.5) is 10.5 Å². The van der Waals surface area contributed by atoms with Gasteiger partial charge in [0.2, 0.25) is 0 Å². The van der Waals surface area contributed by atoms with Crippen LogP contribution in [0.15, 0.2) is 20.0 Å². The van der Waals surface area contributed by atoms with Gasteiger partial charge in [0.25, 0.3) is 0 Å². The number of aliphatic hydroxyl groups is 1. The van der Waals surface area contributed by atoms with Crippen LogP contribution in [0.5, 0.6) is 0 Å². The Morgan fingerprint density at radius 2 is 2.10 bits per heavy atom. The third kappa shape index (κ3) is 4.03. The molecule has 2 aliphatic carbocycles. The molecular formula is C21H28N4O3S2. The van der Waals surface area contributed by atoms with E-state index in [1.807, 2.05) is 6.92 Å². The van der Waals surface area contributed by atoms with Crippen molar-refractivity contribution in [2.75, 3.05) is 5.32 Å². The highest BCUT2D eigenvalue weighted by Crippen LogP contribution is 2.41. The van der Waals surface area contributed by atoms with Gasteiger partial charge in [-0.2, -0.15) is 0 Å². The van der Waals surface area contributed by atoms with Crippen LogP contribution < -0.4 is 10.5 Å². The Morgan fingerprint density at radius 3 is 2.70 bits per heavy atom. The fourth-order valence-corrected chi connectivity index (χ4v) is 6.32. The average Bonchev–Trinajstić information content (AvgIpc) is 3.25. The van der Waals surface area contributed by atoms with Gasteiger partial charge in [-0.25, -0.2) is 14.1 Å². The summed E-state index contributed by atoms with van der Waals surface area (Å²) in [4.78, 5) is 17.6. The van der Waals surface area contributed by atoms with Gasteiger partial charge in [0.1, 0.15) is 4.21 Å². The molecule has 2 heterocycles. The second kappa shape index (κ2) is 7.71. The van der Waals surface area contributed by atoms with Gasteiger partial charge in [0.15, 0.2) is 9.92 Å². The topological polar surface area (TPSA) is 118 Å². The van der Waals surface area contributed by atoms with Crippen LogP contribution in [0.2, 0.25) is 0 Å². The van der Waals surface area contributed by atoms with Crippen molar-refractivity contribution in [1.82, 2.24) is 4.98 Å². The number of fused-ring (bicyclic) bond motifs is 1. The molecule has 1 fully saturated rings. The first kappa shape index (κ1) is 21.4. The van der Waals surface area contributed by atoms with E-state index in [-0.39, 0.29) is 4.21 Å². The Kier molecular flexibility index (Phi) is 5.50. The molecule has 1 atom stereocenters. The number of urea groups is 1. The fraction of sp³-hybridized carbons (Fsp3) is 0.524. The molecule has 0 aliphatic heterocycles. The van der Waals surface area contributed by atoms with Gasteiger partial charge >= 0.3 is 6.03 Å². The zero-order valence-corrected chi connectivity index (χ0v) is 19.2. The maximum Gasteiger partial charge on any atom is 0.354 e. The monoisotopic (exact) mass is 448 g/mol. The van der Waals surface area contributed by atoms with Crippen molar-refractivity contribution in [2.24, 2.45) is 9.50 Å². The van der Waals surface area contributed by atoms with E-state index in [0.717, 1.165) is 71.6 Å². The number of nitrogens with two attached hydrogens (primary N) is 1. The standard InChI is InChI=1S/C21H28N4O3S2/c1-12-18(13-6-4-7-13)23-16-9-5-8-15(16)19(12)24-20(26)25-30(22,28)17-10-14(11-29-17)21(2,3)27/h10-11,13,27H,4-9H2,1-3H3,(H3,22,23,24,25,26,28)/t30-/m0/s1. The second-order valence-corrected chi connectivity index (χ2v) is 11.6. The van der Waals surface area contributed by atoms with Gasteiger partial charge < -0.3 is 10.4 Å². The summed E-state index contributed by atoms with van der Waals surface area (Å²) < 4.78 is 17.0. The number of amides is 2. The molecule has 0 unspecified atom stereocenters. The number of anilines is 1. The van der Waals surface area contributed by atoms with Crippen LogP contribution in [0.25, 0.3) is 0 Å². The van der Waals surface area contributed by atoms with Crippen molar-refractivity contribution in [2.45, 2.75) is 75.0 Å². The molecule has 162 valence electrons. The Morgan fingerprint density at radius 1 is 1.37 bits per heavy atom. The number of rotatable bonds is 4. The molecule has 0 saturated heterocycles. The third-order valence-electron chi connectivity index (χ3n) is 6.02. The number of thiophene rings is 1. The Labute approximate surface area is 181 Å². The summed E-state index contributed by atoms with van der Waals surface area (Å²) in [7, 11) is -3.41. The molecular weight excluding hydrogens is 420 g/mol. The van der Waals surface area contributed by atoms with Crippen LogP contribution in [0.3, 0.4) is 0 Å². The molecule has 2 aromatic heterocycles. The minimum absolute atomic E-state index is 0.265. The molecule has 0 radical (unpaired) electrons. The molecule has 0 spiro atoms. The van der Waals surface area contributed by atoms with Crippen molar-refractivity contribution in [1.29, 1.82) is 0 Å². The van der Waals surface area contributed by atoms with Gasteiger partial charge in [-0.05, 0) is 81.0 Å². The highest BCUT2D eigenvalue weighted by atomic mass is 32.2. The molecule has 2 aromatic rings. The maximum atomic E-state index is 12.9. The van der Waals surface area contributed by atoms with Crippen molar-refractivity contribution >= 4 is 33.0 Å². The molecule has 4 rings (SSSR count). The molecule has 2 aliphatic rings. The summed E-state index contributed by atoms with van der Waals surface area (Å²) in [5, 5.41) is 20.6. The molecule has 2 amide bonds. The first-order chi connectivity index (χ1) is 14.1. The zero-order valence-electron chi connectivity index (χ0n) is 17.5. The van der Waals surface area contributed by atoms with E-state index < -0.39 is 21.5 Å². The molecule has 0 aromatic carbocycles. The van der Waals surface area contributed by atoms with E-state index in [2.05, 4.69) is 9.68 Å². The Hall–Kier alpha value is -1.81. The summed E-state index contributed by atoms with van der Waals surface area (Å²) in [5.74, 6) is 0.452.